The van der Waals surface area contributed by atoms with Crippen molar-refractivity contribution >= 4 is 28.6 Å². The molecular weight excluding hydrogens is 348 g/mol. The maximum atomic E-state index is 12.3. The molecule has 1 aliphatic rings. The summed E-state index contributed by atoms with van der Waals surface area (Å²) in [4.78, 5) is 18.4. The predicted molar refractivity (Wildman–Crippen MR) is 114 cm³/mol. The van der Waals surface area contributed by atoms with Crippen molar-refractivity contribution in [2.75, 3.05) is 4.90 Å². The fraction of sp³-hybridized carbons (Fsp3) is 0.250. The lowest BCUT2D eigenvalue weighted by atomic mass is 9.95. The highest BCUT2D eigenvalue weighted by Gasteiger charge is 2.31. The van der Waals surface area contributed by atoms with Crippen LogP contribution in [0, 0.1) is 0 Å². The maximum absolute atomic E-state index is 12.3. The molecule has 2 unspecified atom stereocenters. The zero-order chi connectivity index (χ0) is 19.5. The summed E-state index contributed by atoms with van der Waals surface area (Å²) >= 11 is 0. The van der Waals surface area contributed by atoms with Gasteiger partial charge in [-0.25, -0.2) is 4.99 Å². The first-order valence-corrected chi connectivity index (χ1v) is 9.82. The van der Waals surface area contributed by atoms with Gasteiger partial charge in [0.15, 0.2) is 0 Å². The molecule has 0 saturated heterocycles. The van der Waals surface area contributed by atoms with Crippen molar-refractivity contribution in [1.29, 1.82) is 0 Å². The number of aliphatic hydroxyl groups is 1. The number of aliphatic imine (C=N–C) groups is 1. The van der Waals surface area contributed by atoms with E-state index in [4.69, 9.17) is 0 Å². The van der Waals surface area contributed by atoms with Crippen LogP contribution in [0.1, 0.15) is 48.1 Å². The van der Waals surface area contributed by atoms with Gasteiger partial charge < -0.3 is 10.0 Å². The SMILES string of the molecule is CCCCC(O)N(c1cccc2ccccc12)C1C=NC(=O)c2ccccc21. The lowest BCUT2D eigenvalue weighted by Gasteiger charge is -2.38. The highest BCUT2D eigenvalue weighted by Crippen LogP contribution is 2.37. The van der Waals surface area contributed by atoms with Crippen LogP contribution in [-0.4, -0.2) is 23.5 Å². The van der Waals surface area contributed by atoms with E-state index in [0.29, 0.717) is 12.0 Å². The van der Waals surface area contributed by atoms with Gasteiger partial charge in [0.2, 0.25) is 0 Å². The monoisotopic (exact) mass is 372 g/mol. The van der Waals surface area contributed by atoms with Crippen molar-refractivity contribution in [2.24, 2.45) is 4.99 Å². The van der Waals surface area contributed by atoms with E-state index in [1.165, 1.54) is 0 Å². The highest BCUT2D eigenvalue weighted by molar-refractivity contribution is 6.06. The molecule has 3 aromatic carbocycles. The van der Waals surface area contributed by atoms with Crippen molar-refractivity contribution in [1.82, 2.24) is 0 Å². The summed E-state index contributed by atoms with van der Waals surface area (Å²) in [5.74, 6) is -0.229. The van der Waals surface area contributed by atoms with E-state index in [2.05, 4.69) is 30.1 Å². The first kappa shape index (κ1) is 18.4. The number of rotatable bonds is 6. The van der Waals surface area contributed by atoms with Crippen molar-refractivity contribution in [2.45, 2.75) is 38.5 Å². The quantitative estimate of drug-likeness (QED) is 0.611. The van der Waals surface area contributed by atoms with Crippen LogP contribution in [0.5, 0.6) is 0 Å². The van der Waals surface area contributed by atoms with Crippen LogP contribution in [0.2, 0.25) is 0 Å². The normalized spacial score (nSPS) is 16.8. The van der Waals surface area contributed by atoms with Crippen LogP contribution >= 0.6 is 0 Å². The molecule has 1 amide bonds. The molecule has 3 aromatic rings. The van der Waals surface area contributed by atoms with E-state index in [1.54, 1.807) is 12.3 Å². The number of anilines is 1. The molecule has 0 aromatic heterocycles. The number of nitrogens with zero attached hydrogens (tertiary/aromatic N) is 2. The molecule has 0 fully saturated rings. The zero-order valence-electron chi connectivity index (χ0n) is 16.0. The van der Waals surface area contributed by atoms with Gasteiger partial charge in [-0.2, -0.15) is 0 Å². The van der Waals surface area contributed by atoms with Gasteiger partial charge >= 0.3 is 0 Å². The molecule has 4 heteroatoms. The Kier molecular flexibility index (Phi) is 5.22. The Morgan fingerprint density at radius 1 is 1.04 bits per heavy atom. The van der Waals surface area contributed by atoms with Crippen LogP contribution in [0.25, 0.3) is 10.8 Å². The minimum atomic E-state index is -0.677. The molecule has 1 N–H and O–H groups in total. The number of aliphatic hydroxyl groups excluding tert-OH is 1. The predicted octanol–water partition coefficient (Wildman–Crippen LogP) is 5.12. The Morgan fingerprint density at radius 2 is 1.79 bits per heavy atom. The maximum Gasteiger partial charge on any atom is 0.277 e. The largest absolute Gasteiger partial charge is 0.374 e. The van der Waals surface area contributed by atoms with E-state index < -0.39 is 6.23 Å². The molecule has 2 atom stereocenters. The topological polar surface area (TPSA) is 52.9 Å². The Morgan fingerprint density at radius 3 is 2.64 bits per heavy atom. The first-order chi connectivity index (χ1) is 13.7. The van der Waals surface area contributed by atoms with Crippen molar-refractivity contribution in [3.05, 3.63) is 77.9 Å². The van der Waals surface area contributed by atoms with Gasteiger partial charge in [-0.1, -0.05) is 67.9 Å². The van der Waals surface area contributed by atoms with Crippen LogP contribution in [0.3, 0.4) is 0 Å². The fourth-order valence-corrected chi connectivity index (χ4v) is 3.91. The van der Waals surface area contributed by atoms with E-state index in [0.717, 1.165) is 34.9 Å². The number of unbranched alkanes of at least 4 members (excludes halogenated alkanes) is 1. The standard InChI is InChI=1S/C24H24N2O2/c1-2-3-15-23(27)26(21-14-8-10-17-9-4-5-11-18(17)21)22-16-25-24(28)20-13-7-6-12-19(20)22/h4-14,16,22-23,27H,2-3,15H2,1H3. The summed E-state index contributed by atoms with van der Waals surface area (Å²) in [5, 5.41) is 13.4. The van der Waals surface area contributed by atoms with Gasteiger partial charge in [0.25, 0.3) is 5.91 Å². The molecule has 142 valence electrons. The lowest BCUT2D eigenvalue weighted by molar-refractivity contribution is 0.0997. The number of carbonyl (C=O) groups is 1. The second-order valence-electron chi connectivity index (χ2n) is 7.14. The molecule has 0 spiro atoms. The van der Waals surface area contributed by atoms with Gasteiger partial charge in [-0.3, -0.25) is 4.79 Å². The highest BCUT2D eigenvalue weighted by atomic mass is 16.3. The lowest BCUT2D eigenvalue weighted by Crippen LogP contribution is -2.41. The minimum Gasteiger partial charge on any atom is -0.374 e. The van der Waals surface area contributed by atoms with Gasteiger partial charge in [0.1, 0.15) is 6.23 Å². The summed E-state index contributed by atoms with van der Waals surface area (Å²) in [5.41, 5.74) is 2.43. The summed E-state index contributed by atoms with van der Waals surface area (Å²) < 4.78 is 0. The van der Waals surface area contributed by atoms with Crippen LogP contribution in [0.15, 0.2) is 71.7 Å². The van der Waals surface area contributed by atoms with Crippen molar-refractivity contribution < 1.29 is 9.90 Å². The Bertz CT molecular complexity index is 1020. The third-order valence-electron chi connectivity index (χ3n) is 5.32. The number of hydrogen-bond donors (Lipinski definition) is 1. The molecule has 0 bridgehead atoms. The van der Waals surface area contributed by atoms with E-state index >= 15 is 0 Å². The van der Waals surface area contributed by atoms with Crippen molar-refractivity contribution in [3.63, 3.8) is 0 Å². The number of amides is 1. The van der Waals surface area contributed by atoms with Gasteiger partial charge in [-0.15, -0.1) is 0 Å². The summed E-state index contributed by atoms with van der Waals surface area (Å²) in [7, 11) is 0. The van der Waals surface area contributed by atoms with Crippen LogP contribution < -0.4 is 4.90 Å². The summed E-state index contributed by atoms with van der Waals surface area (Å²) in [6.07, 6.45) is 3.58. The molecule has 4 rings (SSSR count). The second-order valence-corrected chi connectivity index (χ2v) is 7.14. The van der Waals surface area contributed by atoms with Crippen LogP contribution in [0.4, 0.5) is 5.69 Å². The van der Waals surface area contributed by atoms with Gasteiger partial charge in [0.05, 0.1) is 6.04 Å². The fourth-order valence-electron chi connectivity index (χ4n) is 3.91. The molecular formula is C24H24N2O2. The number of carbonyl (C=O) groups excluding carboxylic acids is 1. The molecule has 0 radical (unpaired) electrons. The summed E-state index contributed by atoms with van der Waals surface area (Å²) in [6.45, 7) is 2.12. The first-order valence-electron chi connectivity index (χ1n) is 9.82. The Hall–Kier alpha value is -2.98. The van der Waals surface area contributed by atoms with E-state index in [1.807, 2.05) is 47.4 Å². The molecule has 1 aliphatic heterocycles. The third-order valence-corrected chi connectivity index (χ3v) is 5.32. The molecule has 0 aliphatic carbocycles. The number of hydrogen-bond acceptors (Lipinski definition) is 3. The third kappa shape index (κ3) is 3.32. The average molecular weight is 372 g/mol. The van der Waals surface area contributed by atoms with Crippen molar-refractivity contribution in [3.8, 4) is 0 Å². The molecule has 1 heterocycles. The van der Waals surface area contributed by atoms with E-state index in [-0.39, 0.29) is 11.9 Å². The van der Waals surface area contributed by atoms with Gasteiger partial charge in [-0.05, 0) is 35.9 Å². The zero-order valence-corrected chi connectivity index (χ0v) is 16.0. The molecule has 0 saturated carbocycles. The number of fused-ring (bicyclic) bond motifs is 2. The Labute approximate surface area is 165 Å². The average Bonchev–Trinajstić information content (AvgIpc) is 2.74. The molecule has 4 nitrogen and oxygen atoms in total. The van der Waals surface area contributed by atoms with Gasteiger partial charge in [0, 0.05) is 22.9 Å². The number of benzene rings is 3. The minimum absolute atomic E-state index is 0.229. The molecule has 28 heavy (non-hydrogen) atoms. The van der Waals surface area contributed by atoms with Crippen LogP contribution in [-0.2, 0) is 0 Å². The van der Waals surface area contributed by atoms with E-state index in [9.17, 15) is 9.90 Å². The summed E-state index contributed by atoms with van der Waals surface area (Å²) in [6, 6.07) is 21.5. The Balaban J connectivity index is 1.87. The second kappa shape index (κ2) is 7.95. The smallest absolute Gasteiger partial charge is 0.277 e.